The fourth-order valence-corrected chi connectivity index (χ4v) is 8.82. The number of fused-ring (bicyclic) bond motifs is 5. The molecule has 0 radical (unpaired) electrons. The van der Waals surface area contributed by atoms with Crippen molar-refractivity contribution in [3.8, 4) is 0 Å². The molecule has 3 fully saturated rings. The van der Waals surface area contributed by atoms with Crippen LogP contribution in [-0.4, -0.2) is 73.0 Å². The Labute approximate surface area is 222 Å². The van der Waals surface area contributed by atoms with E-state index in [1.165, 1.54) is 0 Å². The number of ether oxygens (including phenoxy) is 1. The van der Waals surface area contributed by atoms with Crippen LogP contribution in [0.5, 0.6) is 0 Å². The summed E-state index contributed by atoms with van der Waals surface area (Å²) in [5, 5.41) is 55.7. The third kappa shape index (κ3) is 4.66. The zero-order chi connectivity index (χ0) is 27.6. The van der Waals surface area contributed by atoms with E-state index in [2.05, 4.69) is 6.92 Å². The van der Waals surface area contributed by atoms with Gasteiger partial charge in [0.2, 0.25) is 0 Å². The number of rotatable bonds is 8. The van der Waals surface area contributed by atoms with E-state index in [0.717, 1.165) is 18.4 Å². The summed E-state index contributed by atoms with van der Waals surface area (Å²) in [7, 11) is 0. The van der Waals surface area contributed by atoms with Crippen molar-refractivity contribution in [3.05, 3.63) is 11.6 Å². The fraction of sp³-hybridized carbons (Fsp3) is 0.900. The van der Waals surface area contributed by atoms with Gasteiger partial charge in [-0.1, -0.05) is 20.8 Å². The SMILES string of the molecule is CCCO[C@H](CCC(C)(C)O)[C@](C)(O)[C@H]1CC[C@@]2(O)C3=CC(=O)[C@@H]4C[C@@H](O)[C@@H](O)C[C@]4(C)[C@H]3CC[C@]12C. The summed E-state index contributed by atoms with van der Waals surface area (Å²) in [5.74, 6) is -0.736. The van der Waals surface area contributed by atoms with E-state index in [1.807, 2.05) is 20.8 Å². The maximum atomic E-state index is 13.4. The van der Waals surface area contributed by atoms with Crippen molar-refractivity contribution in [3.63, 3.8) is 0 Å². The van der Waals surface area contributed by atoms with E-state index < -0.39 is 45.9 Å². The van der Waals surface area contributed by atoms with Crippen LogP contribution in [0.25, 0.3) is 0 Å². The lowest BCUT2D eigenvalue weighted by Gasteiger charge is -2.60. The third-order valence-corrected chi connectivity index (χ3v) is 11.0. The maximum Gasteiger partial charge on any atom is 0.159 e. The van der Waals surface area contributed by atoms with Crippen molar-refractivity contribution >= 4 is 5.78 Å². The second-order valence-corrected chi connectivity index (χ2v) is 14.0. The lowest BCUT2D eigenvalue weighted by atomic mass is 9.45. The Hall–Kier alpha value is -0.830. The van der Waals surface area contributed by atoms with Gasteiger partial charge in [0, 0.05) is 17.9 Å². The quantitative estimate of drug-likeness (QED) is 0.331. The minimum absolute atomic E-state index is 0.0542. The summed E-state index contributed by atoms with van der Waals surface area (Å²) >= 11 is 0. The molecule has 4 rings (SSSR count). The minimum Gasteiger partial charge on any atom is -0.390 e. The Morgan fingerprint density at radius 1 is 1.08 bits per heavy atom. The highest BCUT2D eigenvalue weighted by Gasteiger charge is 2.69. The van der Waals surface area contributed by atoms with Crippen LogP contribution in [0, 0.1) is 28.6 Å². The summed E-state index contributed by atoms with van der Waals surface area (Å²) < 4.78 is 6.19. The maximum absolute atomic E-state index is 13.4. The molecule has 0 aliphatic heterocycles. The molecular formula is C30H50O7. The van der Waals surface area contributed by atoms with Crippen LogP contribution in [0.15, 0.2) is 11.6 Å². The van der Waals surface area contributed by atoms with Gasteiger partial charge in [-0.2, -0.15) is 0 Å². The Morgan fingerprint density at radius 3 is 2.38 bits per heavy atom. The van der Waals surface area contributed by atoms with Gasteiger partial charge in [0.25, 0.3) is 0 Å². The number of carbonyl (C=O) groups is 1. The Morgan fingerprint density at radius 2 is 1.76 bits per heavy atom. The molecule has 10 atom stereocenters. The monoisotopic (exact) mass is 522 g/mol. The van der Waals surface area contributed by atoms with Gasteiger partial charge >= 0.3 is 0 Å². The first-order valence-corrected chi connectivity index (χ1v) is 14.4. The Balaban J connectivity index is 1.68. The van der Waals surface area contributed by atoms with Gasteiger partial charge in [-0.25, -0.2) is 0 Å². The number of aliphatic hydroxyl groups excluding tert-OH is 2. The van der Waals surface area contributed by atoms with Crippen molar-refractivity contribution < 1.29 is 35.1 Å². The molecule has 212 valence electrons. The summed E-state index contributed by atoms with van der Waals surface area (Å²) in [6, 6.07) is 0. The molecule has 0 unspecified atom stereocenters. The van der Waals surface area contributed by atoms with Crippen LogP contribution in [-0.2, 0) is 9.53 Å². The third-order valence-electron chi connectivity index (χ3n) is 11.0. The van der Waals surface area contributed by atoms with Gasteiger partial charge in [-0.3, -0.25) is 4.79 Å². The Kier molecular flexibility index (Phi) is 7.62. The molecule has 7 nitrogen and oxygen atoms in total. The smallest absolute Gasteiger partial charge is 0.159 e. The average molecular weight is 523 g/mol. The van der Waals surface area contributed by atoms with E-state index in [1.54, 1.807) is 19.9 Å². The lowest BCUT2D eigenvalue weighted by Crippen LogP contribution is -2.63. The fourth-order valence-electron chi connectivity index (χ4n) is 8.82. The van der Waals surface area contributed by atoms with Crippen LogP contribution < -0.4 is 0 Å². The molecule has 4 aliphatic rings. The van der Waals surface area contributed by atoms with Crippen molar-refractivity contribution in [2.45, 2.75) is 134 Å². The summed E-state index contributed by atoms with van der Waals surface area (Å²) in [4.78, 5) is 13.4. The van der Waals surface area contributed by atoms with Gasteiger partial charge in [-0.05, 0) is 107 Å². The zero-order valence-electron chi connectivity index (χ0n) is 23.7. The molecule has 4 aliphatic carbocycles. The first-order valence-electron chi connectivity index (χ1n) is 14.4. The highest BCUT2D eigenvalue weighted by molar-refractivity contribution is 5.95. The van der Waals surface area contributed by atoms with Crippen LogP contribution >= 0.6 is 0 Å². The minimum atomic E-state index is -1.24. The van der Waals surface area contributed by atoms with Crippen molar-refractivity contribution in [2.75, 3.05) is 6.61 Å². The number of carbonyl (C=O) groups excluding carboxylic acids is 1. The van der Waals surface area contributed by atoms with E-state index >= 15 is 0 Å². The first kappa shape index (κ1) is 29.2. The molecule has 0 amide bonds. The van der Waals surface area contributed by atoms with Crippen LogP contribution in [0.1, 0.15) is 99.3 Å². The van der Waals surface area contributed by atoms with Gasteiger partial charge in [-0.15, -0.1) is 0 Å². The molecule has 0 spiro atoms. The molecule has 5 N–H and O–H groups in total. The van der Waals surface area contributed by atoms with Gasteiger partial charge in [0.15, 0.2) is 5.78 Å². The molecule has 0 heterocycles. The van der Waals surface area contributed by atoms with Crippen molar-refractivity contribution in [1.82, 2.24) is 0 Å². The molecule has 0 bridgehead atoms. The topological polar surface area (TPSA) is 127 Å². The number of hydrogen-bond acceptors (Lipinski definition) is 7. The van der Waals surface area contributed by atoms with E-state index in [4.69, 9.17) is 4.74 Å². The molecule has 7 heteroatoms. The van der Waals surface area contributed by atoms with Crippen LogP contribution in [0.4, 0.5) is 0 Å². The lowest BCUT2D eigenvalue weighted by molar-refractivity contribution is -0.186. The largest absolute Gasteiger partial charge is 0.390 e. The first-order chi connectivity index (χ1) is 17.0. The molecular weight excluding hydrogens is 472 g/mol. The predicted molar refractivity (Wildman–Crippen MR) is 141 cm³/mol. The molecule has 0 aromatic carbocycles. The number of hydrogen-bond donors (Lipinski definition) is 5. The van der Waals surface area contributed by atoms with Crippen LogP contribution in [0.3, 0.4) is 0 Å². The molecule has 37 heavy (non-hydrogen) atoms. The number of aliphatic hydroxyl groups is 5. The van der Waals surface area contributed by atoms with Crippen LogP contribution in [0.2, 0.25) is 0 Å². The average Bonchev–Trinajstić information content (AvgIpc) is 3.07. The van der Waals surface area contributed by atoms with E-state index in [9.17, 15) is 30.3 Å². The van der Waals surface area contributed by atoms with Gasteiger partial charge < -0.3 is 30.3 Å². The molecule has 0 aromatic heterocycles. The standard InChI is InChI=1S/C30H50O7/c1-7-14-37-25(10-11-26(2,3)34)29(6,35)24-9-13-30(36)19-15-21(31)20-16-22(32)23(33)17-27(20,4)18(19)8-12-28(24,30)5/h15,18,20,22-25,32-36H,7-14,16-17H2,1-6H3/t18-,20-,22+,23-,24-,25+,27+,28+,29+,30+/m0/s1. The second-order valence-electron chi connectivity index (χ2n) is 14.0. The number of ketones is 1. The van der Waals surface area contributed by atoms with Crippen molar-refractivity contribution in [2.24, 2.45) is 28.6 Å². The van der Waals surface area contributed by atoms with Gasteiger partial charge in [0.05, 0.1) is 35.1 Å². The normalized spacial score (nSPS) is 44.4. The summed E-state index contributed by atoms with van der Waals surface area (Å²) in [6.07, 6.45) is 4.29. The molecule has 0 aromatic rings. The van der Waals surface area contributed by atoms with E-state index in [0.29, 0.717) is 45.1 Å². The van der Waals surface area contributed by atoms with Crippen molar-refractivity contribution in [1.29, 1.82) is 0 Å². The highest BCUT2D eigenvalue weighted by Crippen LogP contribution is 2.68. The predicted octanol–water partition coefficient (Wildman–Crippen LogP) is 3.29. The molecule has 3 saturated carbocycles. The zero-order valence-corrected chi connectivity index (χ0v) is 23.7. The number of allylic oxidation sites excluding steroid dienone is 1. The summed E-state index contributed by atoms with van der Waals surface area (Å²) in [6.45, 7) is 12.0. The van der Waals surface area contributed by atoms with Gasteiger partial charge in [0.1, 0.15) is 0 Å². The molecule has 0 saturated heterocycles. The van der Waals surface area contributed by atoms with E-state index in [-0.39, 0.29) is 30.0 Å². The summed E-state index contributed by atoms with van der Waals surface area (Å²) in [5.41, 5.74) is -3.76. The second kappa shape index (κ2) is 9.67. The highest BCUT2D eigenvalue weighted by atomic mass is 16.5. The Bertz CT molecular complexity index is 906.